The molecule has 0 saturated carbocycles. The van der Waals surface area contributed by atoms with E-state index in [1.54, 1.807) is 12.1 Å². The number of hydrogen-bond donors (Lipinski definition) is 1. The maximum Gasteiger partial charge on any atom is 0.276 e. The van der Waals surface area contributed by atoms with Gasteiger partial charge >= 0.3 is 0 Å². The van der Waals surface area contributed by atoms with Gasteiger partial charge in [-0.1, -0.05) is 0 Å². The molecule has 0 unspecified atom stereocenters. The van der Waals surface area contributed by atoms with E-state index in [0.29, 0.717) is 11.3 Å². The fraction of sp³-hybridized carbons (Fsp3) is 0.250. The van der Waals surface area contributed by atoms with Crippen LogP contribution in [0, 0.1) is 10.1 Å². The monoisotopic (exact) mass is 182 g/mol. The molecule has 0 spiro atoms. The number of anilines is 1. The second kappa shape index (κ2) is 3.86. The first-order valence-corrected chi connectivity index (χ1v) is 3.67. The van der Waals surface area contributed by atoms with E-state index in [9.17, 15) is 10.1 Å². The van der Waals surface area contributed by atoms with Crippen LogP contribution in [0.1, 0.15) is 5.56 Å². The second-order valence-corrected chi connectivity index (χ2v) is 2.58. The highest BCUT2D eigenvalue weighted by Crippen LogP contribution is 2.21. The minimum atomic E-state index is -0.468. The topological polar surface area (TPSA) is 78.4 Å². The highest BCUT2D eigenvalue weighted by Gasteiger charge is 2.12. The Balaban J connectivity index is 3.10. The Bertz CT molecular complexity index is 325. The molecule has 70 valence electrons. The molecule has 0 atom stereocenters. The molecular formula is C8H10N2O3. The van der Waals surface area contributed by atoms with E-state index >= 15 is 0 Å². The van der Waals surface area contributed by atoms with Crippen molar-refractivity contribution < 1.29 is 9.66 Å². The fourth-order valence-electron chi connectivity index (χ4n) is 1.03. The van der Waals surface area contributed by atoms with Crippen molar-refractivity contribution in [1.29, 1.82) is 0 Å². The smallest absolute Gasteiger partial charge is 0.276 e. The van der Waals surface area contributed by atoms with E-state index in [0.717, 1.165) is 0 Å². The van der Waals surface area contributed by atoms with Crippen molar-refractivity contribution in [2.45, 2.75) is 6.61 Å². The van der Waals surface area contributed by atoms with Crippen LogP contribution in [0.5, 0.6) is 0 Å². The Morgan fingerprint density at radius 3 is 2.85 bits per heavy atom. The zero-order chi connectivity index (χ0) is 9.84. The minimum Gasteiger partial charge on any atom is -0.399 e. The van der Waals surface area contributed by atoms with Crippen molar-refractivity contribution in [3.8, 4) is 0 Å². The Hall–Kier alpha value is -1.62. The Labute approximate surface area is 75.3 Å². The fourth-order valence-corrected chi connectivity index (χ4v) is 1.03. The molecule has 0 aromatic heterocycles. The molecule has 1 aromatic rings. The van der Waals surface area contributed by atoms with Gasteiger partial charge in [0, 0.05) is 18.9 Å². The van der Waals surface area contributed by atoms with Gasteiger partial charge in [-0.3, -0.25) is 10.1 Å². The lowest BCUT2D eigenvalue weighted by molar-refractivity contribution is -0.385. The van der Waals surface area contributed by atoms with E-state index in [1.165, 1.54) is 13.2 Å². The third-order valence-electron chi connectivity index (χ3n) is 1.61. The number of methoxy groups -OCH3 is 1. The molecule has 0 saturated heterocycles. The molecule has 1 aromatic carbocycles. The van der Waals surface area contributed by atoms with Crippen LogP contribution >= 0.6 is 0 Å². The zero-order valence-corrected chi connectivity index (χ0v) is 7.19. The van der Waals surface area contributed by atoms with Gasteiger partial charge < -0.3 is 10.5 Å². The molecule has 1 rings (SSSR count). The molecular weight excluding hydrogens is 172 g/mol. The molecule has 0 aliphatic heterocycles. The lowest BCUT2D eigenvalue weighted by Crippen LogP contribution is -1.98. The third kappa shape index (κ3) is 2.16. The molecule has 2 N–H and O–H groups in total. The summed E-state index contributed by atoms with van der Waals surface area (Å²) in [5.41, 5.74) is 6.33. The van der Waals surface area contributed by atoms with Gasteiger partial charge in [-0.05, 0) is 12.1 Å². The van der Waals surface area contributed by atoms with Gasteiger partial charge in [0.05, 0.1) is 17.1 Å². The highest BCUT2D eigenvalue weighted by molar-refractivity contribution is 5.52. The normalized spacial score (nSPS) is 9.92. The number of nitrogens with two attached hydrogens (primary N) is 1. The van der Waals surface area contributed by atoms with Crippen LogP contribution in [0.2, 0.25) is 0 Å². The largest absolute Gasteiger partial charge is 0.399 e. The molecule has 5 heteroatoms. The predicted molar refractivity (Wildman–Crippen MR) is 48.2 cm³/mol. The summed E-state index contributed by atoms with van der Waals surface area (Å²) in [6.07, 6.45) is 0. The lowest BCUT2D eigenvalue weighted by Gasteiger charge is -2.01. The Morgan fingerprint density at radius 2 is 2.31 bits per heavy atom. The van der Waals surface area contributed by atoms with Gasteiger partial charge in [0.2, 0.25) is 0 Å². The average molecular weight is 182 g/mol. The summed E-state index contributed by atoms with van der Waals surface area (Å²) in [7, 11) is 1.49. The summed E-state index contributed by atoms with van der Waals surface area (Å²) in [6, 6.07) is 4.53. The average Bonchev–Trinajstić information content (AvgIpc) is 2.08. The lowest BCUT2D eigenvalue weighted by atomic mass is 10.2. The van der Waals surface area contributed by atoms with Crippen LogP contribution in [0.4, 0.5) is 11.4 Å². The molecule has 0 radical (unpaired) electrons. The number of ether oxygens (including phenoxy) is 1. The molecule has 0 amide bonds. The first-order chi connectivity index (χ1) is 6.15. The van der Waals surface area contributed by atoms with Crippen molar-refractivity contribution in [3.63, 3.8) is 0 Å². The van der Waals surface area contributed by atoms with E-state index in [4.69, 9.17) is 10.5 Å². The number of benzene rings is 1. The van der Waals surface area contributed by atoms with Gasteiger partial charge in [-0.25, -0.2) is 0 Å². The second-order valence-electron chi connectivity index (χ2n) is 2.58. The summed E-state index contributed by atoms with van der Waals surface area (Å²) in [4.78, 5) is 10.1. The van der Waals surface area contributed by atoms with Gasteiger partial charge in [0.1, 0.15) is 0 Å². The number of nitro benzene ring substituents is 1. The molecule has 0 bridgehead atoms. The summed E-state index contributed by atoms with van der Waals surface area (Å²) in [5, 5.41) is 10.5. The zero-order valence-electron chi connectivity index (χ0n) is 7.19. The molecule has 0 aliphatic rings. The van der Waals surface area contributed by atoms with E-state index < -0.39 is 4.92 Å². The molecule has 0 fully saturated rings. The number of hydrogen-bond acceptors (Lipinski definition) is 4. The SMILES string of the molecule is COCc1ccc(N)cc1[N+](=O)[O-]. The summed E-state index contributed by atoms with van der Waals surface area (Å²) < 4.78 is 4.81. The Morgan fingerprint density at radius 1 is 1.62 bits per heavy atom. The van der Waals surface area contributed by atoms with Crippen LogP contribution in [0.15, 0.2) is 18.2 Å². The first-order valence-electron chi connectivity index (χ1n) is 3.67. The minimum absolute atomic E-state index is 0.00171. The van der Waals surface area contributed by atoms with E-state index in [-0.39, 0.29) is 12.3 Å². The summed E-state index contributed by atoms with van der Waals surface area (Å²) >= 11 is 0. The quantitative estimate of drug-likeness (QED) is 0.434. The number of nitrogens with zero attached hydrogens (tertiary/aromatic N) is 1. The van der Waals surface area contributed by atoms with Gasteiger partial charge in [0.25, 0.3) is 5.69 Å². The molecule has 13 heavy (non-hydrogen) atoms. The maximum absolute atomic E-state index is 10.5. The van der Waals surface area contributed by atoms with Crippen LogP contribution in [-0.2, 0) is 11.3 Å². The molecule has 0 heterocycles. The van der Waals surface area contributed by atoms with Gasteiger partial charge in [0.15, 0.2) is 0 Å². The van der Waals surface area contributed by atoms with Crippen LogP contribution in [-0.4, -0.2) is 12.0 Å². The molecule has 0 aliphatic carbocycles. The van der Waals surface area contributed by atoms with Crippen molar-refractivity contribution >= 4 is 11.4 Å². The van der Waals surface area contributed by atoms with Crippen molar-refractivity contribution in [1.82, 2.24) is 0 Å². The van der Waals surface area contributed by atoms with Gasteiger partial charge in [-0.2, -0.15) is 0 Å². The highest BCUT2D eigenvalue weighted by atomic mass is 16.6. The van der Waals surface area contributed by atoms with Crippen molar-refractivity contribution in [3.05, 3.63) is 33.9 Å². The van der Waals surface area contributed by atoms with Crippen molar-refractivity contribution in [2.24, 2.45) is 0 Å². The van der Waals surface area contributed by atoms with E-state index in [2.05, 4.69) is 0 Å². The summed E-state index contributed by atoms with van der Waals surface area (Å²) in [5.74, 6) is 0. The predicted octanol–water partition coefficient (Wildman–Crippen LogP) is 1.32. The molecule has 5 nitrogen and oxygen atoms in total. The maximum atomic E-state index is 10.5. The van der Waals surface area contributed by atoms with Crippen LogP contribution < -0.4 is 5.73 Å². The standard InChI is InChI=1S/C8H10N2O3/c1-13-5-6-2-3-7(9)4-8(6)10(11)12/h2-4H,5,9H2,1H3. The van der Waals surface area contributed by atoms with Gasteiger partial charge in [-0.15, -0.1) is 0 Å². The van der Waals surface area contributed by atoms with Crippen molar-refractivity contribution in [2.75, 3.05) is 12.8 Å². The number of rotatable bonds is 3. The number of nitrogen functional groups attached to an aromatic ring is 1. The van der Waals surface area contributed by atoms with Crippen LogP contribution in [0.3, 0.4) is 0 Å². The summed E-state index contributed by atoms with van der Waals surface area (Å²) in [6.45, 7) is 0.219. The first kappa shape index (κ1) is 9.47. The van der Waals surface area contributed by atoms with E-state index in [1.807, 2.05) is 0 Å². The van der Waals surface area contributed by atoms with Crippen LogP contribution in [0.25, 0.3) is 0 Å². The number of nitro groups is 1. The Kier molecular flexibility index (Phi) is 2.81. The third-order valence-corrected chi connectivity index (χ3v) is 1.61.